The van der Waals surface area contributed by atoms with Crippen LogP contribution in [-0.2, 0) is 9.59 Å². The number of carbonyl (C=O) groups excluding carboxylic acids is 2. The van der Waals surface area contributed by atoms with E-state index in [2.05, 4.69) is 10.3 Å². The van der Waals surface area contributed by atoms with Gasteiger partial charge in [-0.2, -0.15) is 0 Å². The Balaban J connectivity index is 1.63. The number of rotatable bonds is 5. The third kappa shape index (κ3) is 3.48. The largest absolute Gasteiger partial charge is 0.347 e. The zero-order valence-corrected chi connectivity index (χ0v) is 14.7. The van der Waals surface area contributed by atoms with Crippen molar-refractivity contribution in [1.29, 1.82) is 0 Å². The van der Waals surface area contributed by atoms with Gasteiger partial charge in [-0.05, 0) is 13.8 Å². The lowest BCUT2D eigenvalue weighted by molar-refractivity contribution is -0.129. The molecule has 2 heterocycles. The fraction of sp³-hybridized carbons (Fsp3) is 0.389. The Morgan fingerprint density at radius 1 is 1.42 bits per heavy atom. The minimum Gasteiger partial charge on any atom is -0.347 e. The minimum atomic E-state index is -0.256. The predicted octanol–water partition coefficient (Wildman–Crippen LogP) is 2.86. The Bertz CT molecular complexity index is 729. The molecule has 0 spiro atoms. The molecule has 0 aliphatic carbocycles. The van der Waals surface area contributed by atoms with Crippen LogP contribution in [0.15, 0.2) is 35.7 Å². The number of amides is 2. The second-order valence-electron chi connectivity index (χ2n) is 6.00. The molecule has 3 rings (SSSR count). The van der Waals surface area contributed by atoms with Gasteiger partial charge in [-0.1, -0.05) is 30.3 Å². The van der Waals surface area contributed by atoms with E-state index >= 15 is 0 Å². The van der Waals surface area contributed by atoms with Crippen LogP contribution in [0, 0.1) is 5.92 Å². The van der Waals surface area contributed by atoms with E-state index in [0.29, 0.717) is 19.5 Å². The fourth-order valence-corrected chi connectivity index (χ4v) is 3.71. The summed E-state index contributed by atoms with van der Waals surface area (Å²) < 4.78 is 0. The summed E-state index contributed by atoms with van der Waals surface area (Å²) in [4.78, 5) is 30.5. The molecule has 2 atom stereocenters. The van der Waals surface area contributed by atoms with Crippen molar-refractivity contribution in [2.75, 3.05) is 13.1 Å². The molecule has 1 N–H and O–H groups in total. The van der Waals surface area contributed by atoms with Crippen molar-refractivity contribution in [2.45, 2.75) is 26.3 Å². The highest BCUT2D eigenvalue weighted by Crippen LogP contribution is 2.26. The lowest BCUT2D eigenvalue weighted by Gasteiger charge is -2.16. The van der Waals surface area contributed by atoms with Crippen LogP contribution in [0.3, 0.4) is 0 Å². The lowest BCUT2D eigenvalue weighted by atomic mass is 10.1. The molecule has 1 fully saturated rings. The van der Waals surface area contributed by atoms with Crippen LogP contribution in [0.1, 0.15) is 31.3 Å². The van der Waals surface area contributed by atoms with Gasteiger partial charge in [0.1, 0.15) is 5.01 Å². The summed E-state index contributed by atoms with van der Waals surface area (Å²) in [6, 6.07) is 9.82. The highest BCUT2D eigenvalue weighted by Gasteiger charge is 2.34. The highest BCUT2D eigenvalue weighted by molar-refractivity contribution is 7.10. The SMILES string of the molecule is CCN1C[C@H](C(=O)N[C@@H](C)c2nc(-c3ccccc3)cs2)CC1=O. The summed E-state index contributed by atoms with van der Waals surface area (Å²) in [5.41, 5.74) is 1.99. The summed E-state index contributed by atoms with van der Waals surface area (Å²) in [5.74, 6) is -0.261. The van der Waals surface area contributed by atoms with Crippen molar-refractivity contribution in [1.82, 2.24) is 15.2 Å². The van der Waals surface area contributed by atoms with Gasteiger partial charge in [-0.3, -0.25) is 9.59 Å². The van der Waals surface area contributed by atoms with Gasteiger partial charge in [0.2, 0.25) is 11.8 Å². The smallest absolute Gasteiger partial charge is 0.225 e. The molecule has 6 heteroatoms. The van der Waals surface area contributed by atoms with E-state index in [1.165, 1.54) is 11.3 Å². The van der Waals surface area contributed by atoms with E-state index in [-0.39, 0.29) is 23.8 Å². The maximum atomic E-state index is 12.4. The van der Waals surface area contributed by atoms with E-state index in [1.807, 2.05) is 49.6 Å². The van der Waals surface area contributed by atoms with Crippen LogP contribution in [0.4, 0.5) is 0 Å². The Morgan fingerprint density at radius 3 is 2.83 bits per heavy atom. The van der Waals surface area contributed by atoms with E-state index in [4.69, 9.17) is 0 Å². The topological polar surface area (TPSA) is 62.3 Å². The van der Waals surface area contributed by atoms with Crippen LogP contribution >= 0.6 is 11.3 Å². The Kier molecular flexibility index (Phi) is 4.94. The maximum Gasteiger partial charge on any atom is 0.225 e. The van der Waals surface area contributed by atoms with Crippen LogP contribution in [0.5, 0.6) is 0 Å². The highest BCUT2D eigenvalue weighted by atomic mass is 32.1. The summed E-state index contributed by atoms with van der Waals surface area (Å²) in [5, 5.41) is 5.88. The number of aromatic nitrogens is 1. The molecule has 1 aromatic heterocycles. The third-order valence-electron chi connectivity index (χ3n) is 4.29. The normalized spacial score (nSPS) is 18.7. The van der Waals surface area contributed by atoms with Crippen LogP contribution in [0.2, 0.25) is 0 Å². The molecule has 2 aromatic rings. The van der Waals surface area contributed by atoms with Crippen molar-refractivity contribution >= 4 is 23.2 Å². The molecule has 1 aliphatic heterocycles. The quantitative estimate of drug-likeness (QED) is 0.908. The number of benzene rings is 1. The Hall–Kier alpha value is -2.21. The zero-order chi connectivity index (χ0) is 17.1. The molecule has 0 saturated carbocycles. The first-order valence-corrected chi connectivity index (χ1v) is 9.05. The monoisotopic (exact) mass is 343 g/mol. The molecular weight excluding hydrogens is 322 g/mol. The van der Waals surface area contributed by atoms with Gasteiger partial charge in [0.05, 0.1) is 17.7 Å². The van der Waals surface area contributed by atoms with Gasteiger partial charge in [-0.25, -0.2) is 4.98 Å². The predicted molar refractivity (Wildman–Crippen MR) is 94.5 cm³/mol. The number of thiazole rings is 1. The average Bonchev–Trinajstić information content (AvgIpc) is 3.22. The van der Waals surface area contributed by atoms with Crippen molar-refractivity contribution < 1.29 is 9.59 Å². The molecule has 0 bridgehead atoms. The number of hydrogen-bond donors (Lipinski definition) is 1. The number of nitrogens with zero attached hydrogens (tertiary/aromatic N) is 2. The molecule has 1 aromatic carbocycles. The molecule has 126 valence electrons. The second kappa shape index (κ2) is 7.13. The molecule has 5 nitrogen and oxygen atoms in total. The van der Waals surface area contributed by atoms with E-state index in [0.717, 1.165) is 16.3 Å². The average molecular weight is 343 g/mol. The molecule has 0 unspecified atom stereocenters. The van der Waals surface area contributed by atoms with E-state index in [1.54, 1.807) is 4.90 Å². The van der Waals surface area contributed by atoms with Crippen molar-refractivity contribution in [3.8, 4) is 11.3 Å². The zero-order valence-electron chi connectivity index (χ0n) is 13.9. The first-order chi connectivity index (χ1) is 11.6. The third-order valence-corrected chi connectivity index (χ3v) is 5.32. The summed E-state index contributed by atoms with van der Waals surface area (Å²) in [7, 11) is 0. The van der Waals surface area contributed by atoms with Gasteiger partial charge in [-0.15, -0.1) is 11.3 Å². The summed E-state index contributed by atoms with van der Waals surface area (Å²) >= 11 is 1.54. The molecule has 1 aliphatic rings. The van der Waals surface area contributed by atoms with Gasteiger partial charge in [0.25, 0.3) is 0 Å². The van der Waals surface area contributed by atoms with E-state index < -0.39 is 0 Å². The molecule has 1 saturated heterocycles. The first-order valence-electron chi connectivity index (χ1n) is 8.17. The van der Waals surface area contributed by atoms with E-state index in [9.17, 15) is 9.59 Å². The number of likely N-dealkylation sites (tertiary alicyclic amines) is 1. The van der Waals surface area contributed by atoms with Gasteiger partial charge >= 0.3 is 0 Å². The molecule has 2 amide bonds. The van der Waals surface area contributed by atoms with Crippen LogP contribution < -0.4 is 5.32 Å². The standard InChI is InChI=1S/C18H21N3O2S/c1-3-21-10-14(9-16(21)22)17(23)19-12(2)18-20-15(11-24-18)13-7-5-4-6-8-13/h4-8,11-12,14H,3,9-10H2,1-2H3,(H,19,23)/t12-,14+/m0/s1. The number of nitrogens with one attached hydrogen (secondary N) is 1. The molecule has 24 heavy (non-hydrogen) atoms. The maximum absolute atomic E-state index is 12.4. The fourth-order valence-electron chi connectivity index (χ4n) is 2.87. The summed E-state index contributed by atoms with van der Waals surface area (Å²) in [6.45, 7) is 5.04. The van der Waals surface area contributed by atoms with Gasteiger partial charge < -0.3 is 10.2 Å². The molecular formula is C18H21N3O2S. The number of hydrogen-bond acceptors (Lipinski definition) is 4. The van der Waals surface area contributed by atoms with Gasteiger partial charge in [0, 0.05) is 30.5 Å². The Labute approximate surface area is 145 Å². The van der Waals surface area contributed by atoms with Crippen molar-refractivity contribution in [2.24, 2.45) is 5.92 Å². The van der Waals surface area contributed by atoms with Crippen LogP contribution in [0.25, 0.3) is 11.3 Å². The first kappa shape index (κ1) is 16.6. The second-order valence-corrected chi connectivity index (χ2v) is 6.89. The van der Waals surface area contributed by atoms with Crippen molar-refractivity contribution in [3.63, 3.8) is 0 Å². The van der Waals surface area contributed by atoms with Gasteiger partial charge in [0.15, 0.2) is 0 Å². The summed E-state index contributed by atoms with van der Waals surface area (Å²) in [6.07, 6.45) is 0.305. The van der Waals surface area contributed by atoms with Crippen molar-refractivity contribution in [3.05, 3.63) is 40.7 Å². The minimum absolute atomic E-state index is 0.0610. The lowest BCUT2D eigenvalue weighted by Crippen LogP contribution is -2.34. The van der Waals surface area contributed by atoms with Crippen LogP contribution in [-0.4, -0.2) is 34.8 Å². The molecule has 0 radical (unpaired) electrons. The Morgan fingerprint density at radius 2 is 2.17 bits per heavy atom. The number of carbonyl (C=O) groups is 2.